The van der Waals surface area contributed by atoms with Gasteiger partial charge in [0.1, 0.15) is 0 Å². The van der Waals surface area contributed by atoms with Gasteiger partial charge in [-0.3, -0.25) is 4.90 Å². The van der Waals surface area contributed by atoms with E-state index in [1.165, 1.54) is 15.6 Å². The van der Waals surface area contributed by atoms with Crippen LogP contribution < -0.4 is 5.73 Å². The molecular weight excluding hydrogens is 302 g/mol. The number of hydrogen-bond acceptors (Lipinski definition) is 3. The summed E-state index contributed by atoms with van der Waals surface area (Å²) in [5, 5.41) is 0. The van der Waals surface area contributed by atoms with Crippen molar-refractivity contribution < 1.29 is 0 Å². The van der Waals surface area contributed by atoms with Crippen molar-refractivity contribution in [1.82, 2.24) is 9.80 Å². The molecule has 0 aromatic heterocycles. The van der Waals surface area contributed by atoms with Crippen LogP contribution in [0.5, 0.6) is 0 Å². The van der Waals surface area contributed by atoms with Crippen LogP contribution in [0.2, 0.25) is 0 Å². The first-order valence-corrected chi connectivity index (χ1v) is 7.87. The summed E-state index contributed by atoms with van der Waals surface area (Å²) in [5.74, 6) is 0. The molecule has 4 heteroatoms. The summed E-state index contributed by atoms with van der Waals surface area (Å²) in [7, 11) is 0. The van der Waals surface area contributed by atoms with Crippen molar-refractivity contribution in [2.45, 2.75) is 19.9 Å². The van der Waals surface area contributed by atoms with Crippen molar-refractivity contribution in [2.75, 3.05) is 39.3 Å². The fourth-order valence-corrected chi connectivity index (χ4v) is 3.10. The molecule has 1 aliphatic heterocycles. The summed E-state index contributed by atoms with van der Waals surface area (Å²) in [6.45, 7) is 10.7. The molecule has 0 bridgehead atoms. The second kappa shape index (κ2) is 6.84. The number of nitrogens with zero attached hydrogens (tertiary/aromatic N) is 2. The molecule has 1 aromatic carbocycles. The Balaban J connectivity index is 2.09. The molecule has 1 aromatic rings. The van der Waals surface area contributed by atoms with E-state index >= 15 is 0 Å². The lowest BCUT2D eigenvalue weighted by atomic mass is 10.0. The second-order valence-corrected chi connectivity index (χ2v) is 6.08. The molecule has 0 spiro atoms. The third-order valence-corrected chi connectivity index (χ3v) is 4.95. The number of piperazine rings is 1. The molecule has 1 aliphatic rings. The lowest BCUT2D eigenvalue weighted by Gasteiger charge is -2.38. The van der Waals surface area contributed by atoms with Gasteiger partial charge in [0.05, 0.1) is 0 Å². The predicted molar refractivity (Wildman–Crippen MR) is 84.4 cm³/mol. The molecule has 1 fully saturated rings. The molecule has 1 saturated heterocycles. The number of aryl methyl sites for hydroxylation is 1. The van der Waals surface area contributed by atoms with Gasteiger partial charge >= 0.3 is 0 Å². The number of nitrogens with two attached hydrogens (primary N) is 1. The van der Waals surface area contributed by atoms with Gasteiger partial charge in [0.2, 0.25) is 0 Å². The van der Waals surface area contributed by atoms with Gasteiger partial charge in [0.15, 0.2) is 0 Å². The molecule has 19 heavy (non-hydrogen) atoms. The van der Waals surface area contributed by atoms with Crippen molar-refractivity contribution in [3.63, 3.8) is 0 Å². The summed E-state index contributed by atoms with van der Waals surface area (Å²) < 4.78 is 1.18. The Morgan fingerprint density at radius 1 is 1.26 bits per heavy atom. The monoisotopic (exact) mass is 325 g/mol. The first-order valence-electron chi connectivity index (χ1n) is 7.08. The summed E-state index contributed by atoms with van der Waals surface area (Å²) in [6.07, 6.45) is 0. The molecule has 0 saturated carbocycles. The summed E-state index contributed by atoms with van der Waals surface area (Å²) in [6, 6.07) is 6.95. The van der Waals surface area contributed by atoms with Crippen molar-refractivity contribution >= 4 is 15.9 Å². The van der Waals surface area contributed by atoms with Gasteiger partial charge in [-0.15, -0.1) is 0 Å². The quantitative estimate of drug-likeness (QED) is 0.922. The molecule has 2 N–H and O–H groups in total. The maximum Gasteiger partial charge on any atom is 0.0471 e. The van der Waals surface area contributed by atoms with Gasteiger partial charge in [-0.25, -0.2) is 0 Å². The first kappa shape index (κ1) is 15.0. The van der Waals surface area contributed by atoms with Gasteiger partial charge in [0, 0.05) is 43.2 Å². The standard InChI is InChI=1S/C15H24BrN3/c1-3-18-6-8-19(9-7-18)15(11-17)13-5-4-12(2)14(16)10-13/h4-5,10,15H,3,6-9,11,17H2,1-2H3. The molecule has 2 rings (SSSR count). The Bertz CT molecular complexity index is 414. The molecule has 1 heterocycles. The van der Waals surface area contributed by atoms with Crippen LogP contribution in [0.15, 0.2) is 22.7 Å². The minimum atomic E-state index is 0.343. The highest BCUT2D eigenvalue weighted by atomic mass is 79.9. The van der Waals surface area contributed by atoms with Crippen molar-refractivity contribution in [3.8, 4) is 0 Å². The van der Waals surface area contributed by atoms with E-state index in [1.54, 1.807) is 0 Å². The van der Waals surface area contributed by atoms with E-state index in [1.807, 2.05) is 0 Å². The zero-order chi connectivity index (χ0) is 13.8. The van der Waals surface area contributed by atoms with E-state index in [-0.39, 0.29) is 0 Å². The summed E-state index contributed by atoms with van der Waals surface area (Å²) >= 11 is 3.62. The van der Waals surface area contributed by atoms with Gasteiger partial charge < -0.3 is 10.6 Å². The fraction of sp³-hybridized carbons (Fsp3) is 0.600. The normalized spacial score (nSPS) is 19.6. The predicted octanol–water partition coefficient (Wildman–Crippen LogP) is 2.39. The van der Waals surface area contributed by atoms with Crippen LogP contribution >= 0.6 is 15.9 Å². The highest BCUT2D eigenvalue weighted by Crippen LogP contribution is 2.26. The molecule has 3 nitrogen and oxygen atoms in total. The topological polar surface area (TPSA) is 32.5 Å². The molecule has 0 aliphatic carbocycles. The van der Waals surface area contributed by atoms with Gasteiger partial charge in [-0.2, -0.15) is 0 Å². The van der Waals surface area contributed by atoms with E-state index in [0.29, 0.717) is 12.6 Å². The third kappa shape index (κ3) is 3.57. The summed E-state index contributed by atoms with van der Waals surface area (Å²) in [4.78, 5) is 5.01. The molecule has 0 radical (unpaired) electrons. The van der Waals surface area contributed by atoms with Crippen LogP contribution in [0.1, 0.15) is 24.1 Å². The Labute approximate surface area is 124 Å². The van der Waals surface area contributed by atoms with Gasteiger partial charge in [0.25, 0.3) is 0 Å². The highest BCUT2D eigenvalue weighted by Gasteiger charge is 2.23. The van der Waals surface area contributed by atoms with Crippen LogP contribution in [0.4, 0.5) is 0 Å². The first-order chi connectivity index (χ1) is 9.15. The van der Waals surface area contributed by atoms with Crippen molar-refractivity contribution in [2.24, 2.45) is 5.73 Å². The van der Waals surface area contributed by atoms with Crippen LogP contribution in [0.3, 0.4) is 0 Å². The fourth-order valence-electron chi connectivity index (χ4n) is 2.70. The Kier molecular flexibility index (Phi) is 5.39. The molecule has 0 amide bonds. The number of hydrogen-bond donors (Lipinski definition) is 1. The average molecular weight is 326 g/mol. The zero-order valence-electron chi connectivity index (χ0n) is 11.9. The maximum atomic E-state index is 6.02. The number of rotatable bonds is 4. The molecule has 1 atom stereocenters. The van der Waals surface area contributed by atoms with E-state index in [0.717, 1.165) is 32.7 Å². The summed E-state index contributed by atoms with van der Waals surface area (Å²) in [5.41, 5.74) is 8.62. The van der Waals surface area contributed by atoms with E-state index in [4.69, 9.17) is 5.73 Å². The largest absolute Gasteiger partial charge is 0.329 e. The SMILES string of the molecule is CCN1CCN(C(CN)c2ccc(C)c(Br)c2)CC1. The van der Waals surface area contributed by atoms with Gasteiger partial charge in [-0.1, -0.05) is 35.0 Å². The minimum absolute atomic E-state index is 0.343. The number of benzene rings is 1. The van der Waals surface area contributed by atoms with Crippen LogP contribution in [-0.4, -0.2) is 49.1 Å². The van der Waals surface area contributed by atoms with Crippen molar-refractivity contribution in [3.05, 3.63) is 33.8 Å². The Morgan fingerprint density at radius 3 is 2.47 bits per heavy atom. The molecular formula is C15H24BrN3. The lowest BCUT2D eigenvalue weighted by molar-refractivity contribution is 0.102. The molecule has 1 unspecified atom stereocenters. The number of halogens is 1. The second-order valence-electron chi connectivity index (χ2n) is 5.23. The average Bonchev–Trinajstić information content (AvgIpc) is 2.44. The molecule has 106 valence electrons. The van der Waals surface area contributed by atoms with E-state index in [2.05, 4.69) is 57.8 Å². The van der Waals surface area contributed by atoms with E-state index in [9.17, 15) is 0 Å². The van der Waals surface area contributed by atoms with Gasteiger partial charge in [-0.05, 0) is 30.7 Å². The Hall–Kier alpha value is -0.420. The van der Waals surface area contributed by atoms with Crippen molar-refractivity contribution in [1.29, 1.82) is 0 Å². The lowest BCUT2D eigenvalue weighted by Crippen LogP contribution is -2.48. The highest BCUT2D eigenvalue weighted by molar-refractivity contribution is 9.10. The minimum Gasteiger partial charge on any atom is -0.329 e. The third-order valence-electron chi connectivity index (χ3n) is 4.10. The zero-order valence-corrected chi connectivity index (χ0v) is 13.5. The van der Waals surface area contributed by atoms with Crippen LogP contribution in [0, 0.1) is 6.92 Å². The Morgan fingerprint density at radius 2 is 1.95 bits per heavy atom. The van der Waals surface area contributed by atoms with Crippen LogP contribution in [0.25, 0.3) is 0 Å². The maximum absolute atomic E-state index is 6.02. The smallest absolute Gasteiger partial charge is 0.0471 e. The van der Waals surface area contributed by atoms with E-state index < -0.39 is 0 Å². The number of likely N-dealkylation sites (N-methyl/N-ethyl adjacent to an activating group) is 1. The van der Waals surface area contributed by atoms with Crippen LogP contribution in [-0.2, 0) is 0 Å².